The van der Waals surface area contributed by atoms with Crippen LogP contribution in [0.5, 0.6) is 0 Å². The normalized spacial score (nSPS) is 14.7. The van der Waals surface area contributed by atoms with Crippen molar-refractivity contribution in [1.29, 1.82) is 0 Å². The molecular weight excluding hydrogens is 659 g/mol. The molecule has 8 nitrogen and oxygen atoms in total. The van der Waals surface area contributed by atoms with Crippen LogP contribution in [0.1, 0.15) is 187 Å². The molecule has 0 rings (SSSR count). The molecule has 1 amide bonds. The molecule has 0 aliphatic rings. The molecule has 0 aromatic rings. The monoisotopic (exact) mass is 743 g/mol. The third-order valence-corrected chi connectivity index (χ3v) is 10.4. The number of aliphatic hydroxyl groups excluding tert-OH is 1. The summed E-state index contributed by atoms with van der Waals surface area (Å²) in [4.78, 5) is 25.1. The van der Waals surface area contributed by atoms with Crippen LogP contribution in [0, 0.1) is 0 Å². The molecule has 0 spiro atoms. The van der Waals surface area contributed by atoms with Crippen molar-refractivity contribution < 1.29 is 32.9 Å². The van der Waals surface area contributed by atoms with Crippen LogP contribution in [-0.4, -0.2) is 68.5 Å². The Morgan fingerprint density at radius 1 is 0.667 bits per heavy atom. The Kier molecular flexibility index (Phi) is 34.0. The SMILES string of the molecule is CCCC/C=C/CC/C=C/C(O)C(COP(=O)([O-])OCC[N+](C)(C)C)NC(=O)CCCCCCCCCCCCCCCCCCCCCCC. The minimum atomic E-state index is -4.58. The molecule has 9 heteroatoms. The predicted molar refractivity (Wildman–Crippen MR) is 215 cm³/mol. The first-order valence-corrected chi connectivity index (χ1v) is 22.7. The van der Waals surface area contributed by atoms with Gasteiger partial charge in [-0.1, -0.05) is 179 Å². The maximum Gasteiger partial charge on any atom is 0.268 e. The van der Waals surface area contributed by atoms with E-state index in [4.69, 9.17) is 9.05 Å². The van der Waals surface area contributed by atoms with Crippen molar-refractivity contribution in [3.8, 4) is 0 Å². The lowest BCUT2D eigenvalue weighted by Crippen LogP contribution is -2.45. The first kappa shape index (κ1) is 50.0. The molecule has 0 aromatic heterocycles. The summed E-state index contributed by atoms with van der Waals surface area (Å²) >= 11 is 0. The molecule has 2 N–H and O–H groups in total. The van der Waals surface area contributed by atoms with Crippen molar-refractivity contribution in [2.75, 3.05) is 40.9 Å². The number of phosphoric ester groups is 1. The molecule has 0 aliphatic carbocycles. The van der Waals surface area contributed by atoms with Gasteiger partial charge >= 0.3 is 0 Å². The second-order valence-electron chi connectivity index (χ2n) is 15.7. The zero-order valence-corrected chi connectivity index (χ0v) is 35.0. The Labute approximate surface area is 315 Å². The van der Waals surface area contributed by atoms with E-state index in [2.05, 4.69) is 31.3 Å². The van der Waals surface area contributed by atoms with Gasteiger partial charge in [-0.3, -0.25) is 9.36 Å². The van der Waals surface area contributed by atoms with Crippen molar-refractivity contribution in [3.05, 3.63) is 24.3 Å². The van der Waals surface area contributed by atoms with E-state index >= 15 is 0 Å². The smallest absolute Gasteiger partial charge is 0.268 e. The predicted octanol–water partition coefficient (Wildman–Crippen LogP) is 10.7. The zero-order chi connectivity index (χ0) is 37.9. The minimum Gasteiger partial charge on any atom is -0.756 e. The summed E-state index contributed by atoms with van der Waals surface area (Å²) in [6.07, 6.45) is 39.6. The number of hydrogen-bond acceptors (Lipinski definition) is 6. The van der Waals surface area contributed by atoms with Crippen LogP contribution in [0.4, 0.5) is 0 Å². The highest BCUT2D eigenvalue weighted by Gasteiger charge is 2.23. The first-order chi connectivity index (χ1) is 24.5. The Bertz CT molecular complexity index is 891. The van der Waals surface area contributed by atoms with Crippen LogP contribution in [0.25, 0.3) is 0 Å². The number of quaternary nitrogens is 1. The largest absolute Gasteiger partial charge is 0.756 e. The summed E-state index contributed by atoms with van der Waals surface area (Å²) in [5.74, 6) is -0.209. The number of nitrogens with zero attached hydrogens (tertiary/aromatic N) is 1. The van der Waals surface area contributed by atoms with Crippen LogP contribution in [0.15, 0.2) is 24.3 Å². The average Bonchev–Trinajstić information content (AvgIpc) is 3.07. The van der Waals surface area contributed by atoms with Crippen molar-refractivity contribution in [2.45, 2.75) is 199 Å². The Morgan fingerprint density at radius 2 is 1.10 bits per heavy atom. The van der Waals surface area contributed by atoms with Crippen LogP contribution < -0.4 is 10.2 Å². The minimum absolute atomic E-state index is 0.00495. The fraction of sp³-hybridized carbons (Fsp3) is 0.881. The number of allylic oxidation sites excluding steroid dienone is 3. The number of rotatable bonds is 38. The third kappa shape index (κ3) is 37.1. The standard InChI is InChI=1S/C42H83N2O6P/c1-6-8-10-12-14-16-17-18-19-20-21-22-23-24-25-26-27-28-30-32-34-36-42(46)43-40(39-50-51(47,48)49-38-37-44(3,4)5)41(45)35-33-31-29-15-13-11-9-7-2/h13,15,33,35,40-41,45H,6-12,14,16-32,34,36-39H2,1-5H3,(H-,43,46,47,48)/b15-13+,35-33+. The Hall–Kier alpha value is -1.02. The number of carbonyl (C=O) groups excluding carboxylic acids is 1. The van der Waals surface area contributed by atoms with E-state index < -0.39 is 26.6 Å². The first-order valence-electron chi connectivity index (χ1n) is 21.2. The average molecular weight is 743 g/mol. The lowest BCUT2D eigenvalue weighted by molar-refractivity contribution is -0.870. The Balaban J connectivity index is 4.21. The summed E-state index contributed by atoms with van der Waals surface area (Å²) in [6, 6.07) is -0.895. The van der Waals surface area contributed by atoms with Crippen LogP contribution in [0.2, 0.25) is 0 Å². The van der Waals surface area contributed by atoms with Gasteiger partial charge in [-0.15, -0.1) is 0 Å². The van der Waals surface area contributed by atoms with Gasteiger partial charge in [0.15, 0.2) is 0 Å². The van der Waals surface area contributed by atoms with E-state index in [-0.39, 0.29) is 12.5 Å². The fourth-order valence-electron chi connectivity index (χ4n) is 5.98. The van der Waals surface area contributed by atoms with Gasteiger partial charge in [-0.2, -0.15) is 0 Å². The molecule has 51 heavy (non-hydrogen) atoms. The highest BCUT2D eigenvalue weighted by molar-refractivity contribution is 7.45. The number of unbranched alkanes of at least 4 members (excludes halogenated alkanes) is 23. The number of likely N-dealkylation sites (N-methyl/N-ethyl adjacent to an activating group) is 1. The molecule has 0 saturated heterocycles. The lowest BCUT2D eigenvalue weighted by atomic mass is 10.0. The molecule has 3 atom stereocenters. The molecule has 0 radical (unpaired) electrons. The summed E-state index contributed by atoms with van der Waals surface area (Å²) < 4.78 is 23.0. The van der Waals surface area contributed by atoms with Gasteiger partial charge in [-0.05, 0) is 25.7 Å². The quantitative estimate of drug-likeness (QED) is 0.0282. The van der Waals surface area contributed by atoms with Gasteiger partial charge in [0.1, 0.15) is 13.2 Å². The molecule has 3 unspecified atom stereocenters. The molecular formula is C42H83N2O6P. The highest BCUT2D eigenvalue weighted by atomic mass is 31.2. The highest BCUT2D eigenvalue weighted by Crippen LogP contribution is 2.38. The summed E-state index contributed by atoms with van der Waals surface area (Å²) in [5.41, 5.74) is 0. The van der Waals surface area contributed by atoms with Gasteiger partial charge in [0.05, 0.1) is 39.9 Å². The van der Waals surface area contributed by atoms with Crippen LogP contribution in [-0.2, 0) is 18.4 Å². The maximum atomic E-state index is 12.8. The van der Waals surface area contributed by atoms with E-state index in [9.17, 15) is 19.4 Å². The van der Waals surface area contributed by atoms with Crippen LogP contribution >= 0.6 is 7.82 Å². The van der Waals surface area contributed by atoms with Crippen LogP contribution in [0.3, 0.4) is 0 Å². The number of nitrogens with one attached hydrogen (secondary N) is 1. The molecule has 302 valence electrons. The van der Waals surface area contributed by atoms with E-state index in [1.54, 1.807) is 6.08 Å². The Morgan fingerprint density at radius 3 is 1.57 bits per heavy atom. The van der Waals surface area contributed by atoms with E-state index in [1.807, 2.05) is 27.2 Å². The molecule has 0 saturated carbocycles. The van der Waals surface area contributed by atoms with Crippen molar-refractivity contribution in [3.63, 3.8) is 0 Å². The van der Waals surface area contributed by atoms with Crippen molar-refractivity contribution in [2.24, 2.45) is 0 Å². The topological polar surface area (TPSA) is 108 Å². The summed E-state index contributed by atoms with van der Waals surface area (Å²) in [7, 11) is 1.24. The lowest BCUT2D eigenvalue weighted by Gasteiger charge is -2.29. The van der Waals surface area contributed by atoms with Gasteiger partial charge in [-0.25, -0.2) is 0 Å². The van der Waals surface area contributed by atoms with Gasteiger partial charge in [0.2, 0.25) is 5.91 Å². The number of carbonyl (C=O) groups is 1. The molecule has 0 bridgehead atoms. The number of aliphatic hydroxyl groups is 1. The van der Waals surface area contributed by atoms with Crippen molar-refractivity contribution in [1.82, 2.24) is 5.32 Å². The third-order valence-electron chi connectivity index (χ3n) is 9.41. The number of phosphoric acid groups is 1. The van der Waals surface area contributed by atoms with Gasteiger partial charge < -0.3 is 28.8 Å². The maximum absolute atomic E-state index is 12.8. The summed E-state index contributed by atoms with van der Waals surface area (Å²) in [5, 5.41) is 13.6. The second kappa shape index (κ2) is 34.7. The fourth-order valence-corrected chi connectivity index (χ4v) is 6.70. The number of hydrogen-bond donors (Lipinski definition) is 2. The second-order valence-corrected chi connectivity index (χ2v) is 17.1. The van der Waals surface area contributed by atoms with E-state index in [0.717, 1.165) is 38.5 Å². The zero-order valence-electron chi connectivity index (χ0n) is 34.1. The molecule has 0 aromatic carbocycles. The molecule has 0 aliphatic heterocycles. The van der Waals surface area contributed by atoms with E-state index in [1.165, 1.54) is 128 Å². The number of amides is 1. The summed E-state index contributed by atoms with van der Waals surface area (Å²) in [6.45, 7) is 4.55. The van der Waals surface area contributed by atoms with Gasteiger partial charge in [0, 0.05) is 6.42 Å². The van der Waals surface area contributed by atoms with E-state index in [0.29, 0.717) is 17.4 Å². The molecule has 0 fully saturated rings. The van der Waals surface area contributed by atoms with Crippen molar-refractivity contribution >= 4 is 13.7 Å². The molecule has 0 heterocycles. The van der Waals surface area contributed by atoms with Gasteiger partial charge in [0.25, 0.3) is 7.82 Å².